The fourth-order valence-corrected chi connectivity index (χ4v) is 6.72. The van der Waals surface area contributed by atoms with Crippen LogP contribution in [0, 0.1) is 0 Å². The Balaban J connectivity index is 4.55. The first-order valence-corrected chi connectivity index (χ1v) is 27.7. The maximum Gasteiger partial charge on any atom is 0.310 e. The minimum absolute atomic E-state index is 0.00285. The van der Waals surface area contributed by atoms with Gasteiger partial charge in [0.15, 0.2) is 6.10 Å². The molecule has 0 N–H and O–H groups in total. The maximum absolute atomic E-state index is 12.8. The van der Waals surface area contributed by atoms with Gasteiger partial charge in [-0.1, -0.05) is 229 Å². The van der Waals surface area contributed by atoms with Crippen molar-refractivity contribution in [3.63, 3.8) is 0 Å². The molecule has 0 saturated carbocycles. The standard InChI is InChI=1S/C65H100O5/c1-4-7-10-13-16-19-22-25-28-30-32-34-36-39-42-45-48-51-54-57-60-68-61-63(70-65(67)59-56-53-50-47-44-41-37-27-24-21-18-15-12-9-6-3)62-69-64(66)58-55-52-49-46-43-40-38-35-33-31-29-26-23-20-17-14-11-8-5-2/h7,9-10,12,16-21,25-29,32-35,37,39,42,44,47-48,51,53,56,63H,4-6,8,11,13-15,22-24,30-31,36,38,40-41,43,45-46,49-50,52,54-55,57-62H2,1-3H3/b10-7-,12-9-,19-16-,20-17-,21-18-,28-25-,29-26-,34-32-,35-33-,37-27-,42-39-,47-44-,51-48-,56-53-. The lowest BCUT2D eigenvalue weighted by Crippen LogP contribution is -2.29. The highest BCUT2D eigenvalue weighted by atomic mass is 16.6. The Morgan fingerprint density at radius 3 is 1.10 bits per heavy atom. The van der Waals surface area contributed by atoms with Crippen molar-refractivity contribution in [3.8, 4) is 0 Å². The summed E-state index contributed by atoms with van der Waals surface area (Å²) in [6.45, 7) is 7.28. The van der Waals surface area contributed by atoms with Crippen molar-refractivity contribution in [2.24, 2.45) is 0 Å². The average Bonchev–Trinajstić information content (AvgIpc) is 3.36. The van der Waals surface area contributed by atoms with Crippen molar-refractivity contribution in [3.05, 3.63) is 170 Å². The number of unbranched alkanes of at least 4 members (excludes halogenated alkanes) is 10. The van der Waals surface area contributed by atoms with Crippen LogP contribution < -0.4 is 0 Å². The second-order valence-electron chi connectivity index (χ2n) is 17.4. The summed E-state index contributed by atoms with van der Waals surface area (Å²) in [4.78, 5) is 25.4. The van der Waals surface area contributed by atoms with Crippen LogP contribution in [0.25, 0.3) is 0 Å². The lowest BCUT2D eigenvalue weighted by atomic mass is 10.1. The molecule has 0 fully saturated rings. The van der Waals surface area contributed by atoms with Crippen molar-refractivity contribution >= 4 is 11.9 Å². The van der Waals surface area contributed by atoms with E-state index in [2.05, 4.69) is 179 Å². The van der Waals surface area contributed by atoms with E-state index in [1.54, 1.807) is 0 Å². The molecule has 1 atom stereocenters. The zero-order valence-corrected chi connectivity index (χ0v) is 44.7. The molecule has 390 valence electrons. The van der Waals surface area contributed by atoms with E-state index in [1.165, 1.54) is 44.9 Å². The topological polar surface area (TPSA) is 61.8 Å². The predicted molar refractivity (Wildman–Crippen MR) is 306 cm³/mol. The van der Waals surface area contributed by atoms with E-state index in [0.29, 0.717) is 13.0 Å². The highest BCUT2D eigenvalue weighted by Crippen LogP contribution is 2.11. The maximum atomic E-state index is 12.8. The van der Waals surface area contributed by atoms with Gasteiger partial charge in [0, 0.05) is 13.0 Å². The fourth-order valence-electron chi connectivity index (χ4n) is 6.72. The Hall–Kier alpha value is -4.74. The highest BCUT2D eigenvalue weighted by Gasteiger charge is 2.17. The molecule has 0 aromatic carbocycles. The monoisotopic (exact) mass is 961 g/mol. The van der Waals surface area contributed by atoms with E-state index >= 15 is 0 Å². The largest absolute Gasteiger partial charge is 0.462 e. The fraction of sp³-hybridized carbons (Fsp3) is 0.538. The van der Waals surface area contributed by atoms with Crippen molar-refractivity contribution in [2.45, 2.75) is 207 Å². The van der Waals surface area contributed by atoms with Gasteiger partial charge < -0.3 is 14.2 Å². The molecule has 0 aromatic rings. The third-order valence-corrected chi connectivity index (χ3v) is 10.8. The summed E-state index contributed by atoms with van der Waals surface area (Å²) in [5.74, 6) is -0.605. The van der Waals surface area contributed by atoms with Crippen LogP contribution in [0.3, 0.4) is 0 Å². The predicted octanol–water partition coefficient (Wildman–Crippen LogP) is 19.2. The van der Waals surface area contributed by atoms with E-state index in [1.807, 2.05) is 12.2 Å². The Morgan fingerprint density at radius 2 is 0.686 bits per heavy atom. The van der Waals surface area contributed by atoms with E-state index in [4.69, 9.17) is 14.2 Å². The van der Waals surface area contributed by atoms with Crippen LogP contribution in [-0.4, -0.2) is 37.9 Å². The molecular weight excluding hydrogens is 861 g/mol. The van der Waals surface area contributed by atoms with Crippen LogP contribution in [0.15, 0.2) is 170 Å². The number of esters is 2. The number of rotatable bonds is 48. The molecule has 0 rings (SSSR count). The smallest absolute Gasteiger partial charge is 0.310 e. The van der Waals surface area contributed by atoms with Gasteiger partial charge in [0.05, 0.1) is 13.0 Å². The van der Waals surface area contributed by atoms with E-state index in [9.17, 15) is 9.59 Å². The normalized spacial score (nSPS) is 13.6. The van der Waals surface area contributed by atoms with Crippen molar-refractivity contribution in [1.82, 2.24) is 0 Å². The lowest BCUT2D eigenvalue weighted by molar-refractivity contribution is -0.162. The molecule has 0 saturated heterocycles. The molecule has 0 aliphatic heterocycles. The van der Waals surface area contributed by atoms with Crippen LogP contribution >= 0.6 is 0 Å². The van der Waals surface area contributed by atoms with Crippen molar-refractivity contribution in [2.75, 3.05) is 19.8 Å². The number of carbonyl (C=O) groups is 2. The second-order valence-corrected chi connectivity index (χ2v) is 17.4. The quantitative estimate of drug-likeness (QED) is 0.0345. The molecule has 5 heteroatoms. The van der Waals surface area contributed by atoms with Gasteiger partial charge in [-0.05, 0) is 128 Å². The summed E-state index contributed by atoms with van der Waals surface area (Å²) in [6.07, 6.45) is 88.3. The Bertz CT molecular complexity index is 1600. The molecule has 0 aliphatic rings. The Labute approximate surface area is 430 Å². The summed E-state index contributed by atoms with van der Waals surface area (Å²) < 4.78 is 17.3. The SMILES string of the molecule is CC/C=C\C/C=C\C/C=C\C/C=C\C/C=C\C/C=C\CCCOCC(COC(=O)CCCCCCCC/C=C\C/C=C\C/C=C\CCCCC)OC(=O)C/C=C\C/C=C\C/C=C\C/C=C\C/C=C\CC. The number of hydrogen-bond acceptors (Lipinski definition) is 5. The summed E-state index contributed by atoms with van der Waals surface area (Å²) in [6, 6.07) is 0. The highest BCUT2D eigenvalue weighted by molar-refractivity contribution is 5.71. The van der Waals surface area contributed by atoms with Crippen LogP contribution in [-0.2, 0) is 23.8 Å². The molecule has 1 unspecified atom stereocenters. The van der Waals surface area contributed by atoms with Crippen LogP contribution in [0.2, 0.25) is 0 Å². The van der Waals surface area contributed by atoms with Gasteiger partial charge in [0.2, 0.25) is 0 Å². The first kappa shape index (κ1) is 65.3. The van der Waals surface area contributed by atoms with Gasteiger partial charge in [0.1, 0.15) is 6.61 Å². The van der Waals surface area contributed by atoms with Crippen LogP contribution in [0.5, 0.6) is 0 Å². The molecule has 70 heavy (non-hydrogen) atoms. The first-order chi connectivity index (χ1) is 34.6. The molecule has 0 radical (unpaired) electrons. The third-order valence-electron chi connectivity index (χ3n) is 10.8. The summed E-state index contributed by atoms with van der Waals surface area (Å²) in [5, 5.41) is 0. The van der Waals surface area contributed by atoms with Gasteiger partial charge in [0.25, 0.3) is 0 Å². The van der Waals surface area contributed by atoms with Crippen molar-refractivity contribution in [1.29, 1.82) is 0 Å². The van der Waals surface area contributed by atoms with Gasteiger partial charge in [-0.3, -0.25) is 9.59 Å². The molecular formula is C65H100O5. The molecule has 0 spiro atoms. The first-order valence-electron chi connectivity index (χ1n) is 27.7. The Kier molecular flexibility index (Phi) is 54.6. The van der Waals surface area contributed by atoms with Gasteiger partial charge in [-0.2, -0.15) is 0 Å². The lowest BCUT2D eigenvalue weighted by Gasteiger charge is -2.18. The van der Waals surface area contributed by atoms with Crippen molar-refractivity contribution < 1.29 is 23.8 Å². The van der Waals surface area contributed by atoms with E-state index < -0.39 is 6.10 Å². The van der Waals surface area contributed by atoms with Gasteiger partial charge in [-0.25, -0.2) is 0 Å². The minimum Gasteiger partial charge on any atom is -0.462 e. The second kappa shape index (κ2) is 58.6. The molecule has 0 heterocycles. The third kappa shape index (κ3) is 55.9. The minimum atomic E-state index is -0.641. The number of ether oxygens (including phenoxy) is 3. The van der Waals surface area contributed by atoms with E-state index in [-0.39, 0.29) is 31.6 Å². The molecule has 0 aliphatic carbocycles. The zero-order valence-electron chi connectivity index (χ0n) is 44.7. The van der Waals surface area contributed by atoms with Crippen LogP contribution in [0.1, 0.15) is 201 Å². The summed E-state index contributed by atoms with van der Waals surface area (Å²) >= 11 is 0. The summed E-state index contributed by atoms with van der Waals surface area (Å²) in [7, 11) is 0. The summed E-state index contributed by atoms with van der Waals surface area (Å²) in [5.41, 5.74) is 0. The number of hydrogen-bond donors (Lipinski definition) is 0. The number of carbonyl (C=O) groups excluding carboxylic acids is 2. The van der Waals surface area contributed by atoms with Crippen LogP contribution in [0.4, 0.5) is 0 Å². The molecule has 5 nitrogen and oxygen atoms in total. The van der Waals surface area contributed by atoms with Gasteiger partial charge in [-0.15, -0.1) is 0 Å². The zero-order chi connectivity index (χ0) is 50.6. The number of allylic oxidation sites excluding steroid dienone is 27. The molecule has 0 aromatic heterocycles. The van der Waals surface area contributed by atoms with E-state index in [0.717, 1.165) is 122 Å². The average molecular weight is 962 g/mol. The Morgan fingerprint density at radius 1 is 0.343 bits per heavy atom. The van der Waals surface area contributed by atoms with Gasteiger partial charge >= 0.3 is 11.9 Å². The molecule has 0 bridgehead atoms. The molecule has 0 amide bonds.